The number of nitrogens with one attached hydrogen (secondary N) is 1. The molecule has 2 nitrogen and oxygen atoms in total. The van der Waals surface area contributed by atoms with Crippen molar-refractivity contribution in [3.63, 3.8) is 0 Å². The zero-order valence-electron chi connectivity index (χ0n) is 8.49. The third-order valence-corrected chi connectivity index (χ3v) is 2.02. The van der Waals surface area contributed by atoms with Gasteiger partial charge in [0.2, 0.25) is 0 Å². The summed E-state index contributed by atoms with van der Waals surface area (Å²) >= 11 is 0. The van der Waals surface area contributed by atoms with E-state index in [1.54, 1.807) is 0 Å². The Hall–Kier alpha value is -1.75. The molecule has 0 saturated carbocycles. The van der Waals surface area contributed by atoms with Gasteiger partial charge in [-0.05, 0) is 19.4 Å². The van der Waals surface area contributed by atoms with Gasteiger partial charge in [0.05, 0.1) is 6.07 Å². The Balaban J connectivity index is 2.65. The molecule has 0 spiro atoms. The summed E-state index contributed by atoms with van der Waals surface area (Å²) < 4.78 is 0. The maximum Gasteiger partial charge on any atom is 0.0930 e. The molecule has 1 aromatic carbocycles. The molecule has 1 atom stereocenters. The Labute approximate surface area is 84.9 Å². The predicted octanol–water partition coefficient (Wildman–Crippen LogP) is 2.76. The number of hydrogen-bond acceptors (Lipinski definition) is 2. The van der Waals surface area contributed by atoms with Crippen LogP contribution in [0.4, 0.5) is 0 Å². The Bertz CT molecular complexity index is 346. The number of allylic oxidation sites excluding steroid dienone is 2. The van der Waals surface area contributed by atoms with Crippen molar-refractivity contribution in [3.8, 4) is 6.07 Å². The van der Waals surface area contributed by atoms with Crippen molar-refractivity contribution in [1.82, 2.24) is 5.32 Å². The molecule has 0 radical (unpaired) electrons. The first kappa shape index (κ1) is 10.3. The lowest BCUT2D eigenvalue weighted by atomic mass is 10.1. The van der Waals surface area contributed by atoms with Crippen LogP contribution in [0.5, 0.6) is 0 Å². The monoisotopic (exact) mass is 186 g/mol. The molecular formula is C12H14N2. The van der Waals surface area contributed by atoms with E-state index >= 15 is 0 Å². The van der Waals surface area contributed by atoms with E-state index in [1.807, 2.05) is 31.2 Å². The van der Waals surface area contributed by atoms with Crippen molar-refractivity contribution < 1.29 is 0 Å². The summed E-state index contributed by atoms with van der Waals surface area (Å²) in [6.45, 7) is 3.96. The van der Waals surface area contributed by atoms with Crippen LogP contribution >= 0.6 is 0 Å². The standard InChI is InChI=1S/C12H14N2/c1-10(8-9-13)14-11(2)12-6-4-3-5-7-12/h3-8,11,14H,1-2H3/b10-8+/t11-/m1/s1. The van der Waals surface area contributed by atoms with Crippen LogP contribution in [0.25, 0.3) is 0 Å². The second-order valence-corrected chi connectivity index (χ2v) is 3.23. The van der Waals surface area contributed by atoms with E-state index in [0.717, 1.165) is 5.70 Å². The van der Waals surface area contributed by atoms with Gasteiger partial charge in [0.25, 0.3) is 0 Å². The average Bonchev–Trinajstić information content (AvgIpc) is 2.19. The van der Waals surface area contributed by atoms with Crippen molar-refractivity contribution in [2.45, 2.75) is 19.9 Å². The fraction of sp³-hybridized carbons (Fsp3) is 0.250. The normalized spacial score (nSPS) is 13.1. The van der Waals surface area contributed by atoms with Crippen molar-refractivity contribution in [2.24, 2.45) is 0 Å². The lowest BCUT2D eigenvalue weighted by Gasteiger charge is -2.15. The summed E-state index contributed by atoms with van der Waals surface area (Å²) in [4.78, 5) is 0. The third-order valence-electron chi connectivity index (χ3n) is 2.02. The summed E-state index contributed by atoms with van der Waals surface area (Å²) in [6, 6.07) is 12.4. The molecule has 0 amide bonds. The Morgan fingerprint density at radius 1 is 1.43 bits per heavy atom. The SMILES string of the molecule is C/C(=C\C#N)N[C@H](C)c1ccccc1. The summed E-state index contributed by atoms with van der Waals surface area (Å²) in [5.74, 6) is 0. The van der Waals surface area contributed by atoms with Gasteiger partial charge in [0.15, 0.2) is 0 Å². The Kier molecular flexibility index (Phi) is 3.75. The van der Waals surface area contributed by atoms with E-state index in [4.69, 9.17) is 5.26 Å². The van der Waals surface area contributed by atoms with Gasteiger partial charge >= 0.3 is 0 Å². The van der Waals surface area contributed by atoms with Crippen LogP contribution in [0.3, 0.4) is 0 Å². The molecule has 0 unspecified atom stereocenters. The van der Waals surface area contributed by atoms with Crippen LogP contribution < -0.4 is 5.32 Å². The summed E-state index contributed by atoms with van der Waals surface area (Å²) in [5.41, 5.74) is 2.11. The molecule has 0 fully saturated rings. The van der Waals surface area contributed by atoms with E-state index in [0.29, 0.717) is 0 Å². The molecular weight excluding hydrogens is 172 g/mol. The molecule has 2 heteroatoms. The summed E-state index contributed by atoms with van der Waals surface area (Å²) in [6.07, 6.45) is 1.51. The fourth-order valence-electron chi connectivity index (χ4n) is 1.31. The van der Waals surface area contributed by atoms with Gasteiger partial charge < -0.3 is 5.32 Å². The van der Waals surface area contributed by atoms with E-state index in [2.05, 4.69) is 24.4 Å². The topological polar surface area (TPSA) is 35.8 Å². The Morgan fingerprint density at radius 3 is 2.64 bits per heavy atom. The number of rotatable bonds is 3. The van der Waals surface area contributed by atoms with Crippen molar-refractivity contribution in [3.05, 3.63) is 47.7 Å². The number of nitrogens with zero attached hydrogens (tertiary/aromatic N) is 1. The zero-order valence-corrected chi connectivity index (χ0v) is 8.49. The molecule has 1 rings (SSSR count). The smallest absolute Gasteiger partial charge is 0.0930 e. The highest BCUT2D eigenvalue weighted by Crippen LogP contribution is 2.12. The lowest BCUT2D eigenvalue weighted by Crippen LogP contribution is -2.16. The maximum atomic E-state index is 8.45. The van der Waals surface area contributed by atoms with E-state index in [-0.39, 0.29) is 6.04 Å². The molecule has 1 aromatic rings. The van der Waals surface area contributed by atoms with Gasteiger partial charge in [-0.1, -0.05) is 30.3 Å². The fourth-order valence-corrected chi connectivity index (χ4v) is 1.31. The Morgan fingerprint density at radius 2 is 2.07 bits per heavy atom. The van der Waals surface area contributed by atoms with Gasteiger partial charge in [-0.3, -0.25) is 0 Å². The summed E-state index contributed by atoms with van der Waals surface area (Å²) in [7, 11) is 0. The van der Waals surface area contributed by atoms with E-state index in [9.17, 15) is 0 Å². The number of benzene rings is 1. The number of hydrogen-bond donors (Lipinski definition) is 1. The molecule has 0 saturated heterocycles. The first-order chi connectivity index (χ1) is 6.74. The molecule has 72 valence electrons. The molecule has 0 heterocycles. The molecule has 14 heavy (non-hydrogen) atoms. The van der Waals surface area contributed by atoms with Crippen LogP contribution in [0.1, 0.15) is 25.5 Å². The van der Waals surface area contributed by atoms with Gasteiger partial charge in [-0.15, -0.1) is 0 Å². The largest absolute Gasteiger partial charge is 0.381 e. The van der Waals surface area contributed by atoms with Crippen LogP contribution in [0, 0.1) is 11.3 Å². The minimum absolute atomic E-state index is 0.237. The highest BCUT2D eigenvalue weighted by molar-refractivity contribution is 5.20. The predicted molar refractivity (Wildman–Crippen MR) is 57.4 cm³/mol. The molecule has 0 aliphatic heterocycles. The summed E-state index contributed by atoms with van der Waals surface area (Å²) in [5, 5.41) is 11.7. The van der Waals surface area contributed by atoms with Crippen molar-refractivity contribution in [1.29, 1.82) is 5.26 Å². The average molecular weight is 186 g/mol. The minimum atomic E-state index is 0.237. The number of nitriles is 1. The van der Waals surface area contributed by atoms with E-state index < -0.39 is 0 Å². The molecule has 0 aliphatic rings. The molecule has 1 N–H and O–H groups in total. The van der Waals surface area contributed by atoms with Crippen LogP contribution in [0.15, 0.2) is 42.1 Å². The van der Waals surface area contributed by atoms with Gasteiger partial charge in [0.1, 0.15) is 0 Å². The van der Waals surface area contributed by atoms with E-state index in [1.165, 1.54) is 11.6 Å². The minimum Gasteiger partial charge on any atom is -0.381 e. The van der Waals surface area contributed by atoms with Gasteiger partial charge in [-0.2, -0.15) is 5.26 Å². The molecule has 0 aliphatic carbocycles. The van der Waals surface area contributed by atoms with Crippen LogP contribution in [0.2, 0.25) is 0 Å². The van der Waals surface area contributed by atoms with Crippen LogP contribution in [-0.2, 0) is 0 Å². The molecule has 0 bridgehead atoms. The van der Waals surface area contributed by atoms with Crippen molar-refractivity contribution >= 4 is 0 Å². The second kappa shape index (κ2) is 5.08. The first-order valence-electron chi connectivity index (χ1n) is 4.62. The van der Waals surface area contributed by atoms with Gasteiger partial charge in [-0.25, -0.2) is 0 Å². The quantitative estimate of drug-likeness (QED) is 0.737. The maximum absolute atomic E-state index is 8.45. The second-order valence-electron chi connectivity index (χ2n) is 3.23. The molecule has 0 aromatic heterocycles. The van der Waals surface area contributed by atoms with Crippen LogP contribution in [-0.4, -0.2) is 0 Å². The third kappa shape index (κ3) is 2.95. The lowest BCUT2D eigenvalue weighted by molar-refractivity contribution is 0.654. The van der Waals surface area contributed by atoms with Gasteiger partial charge in [0, 0.05) is 17.8 Å². The van der Waals surface area contributed by atoms with Crippen molar-refractivity contribution in [2.75, 3.05) is 0 Å². The highest BCUT2D eigenvalue weighted by Gasteiger charge is 2.02. The first-order valence-corrected chi connectivity index (χ1v) is 4.62. The zero-order chi connectivity index (χ0) is 10.4. The highest BCUT2D eigenvalue weighted by atomic mass is 14.9.